The molecule has 0 saturated heterocycles. The zero-order valence-electron chi connectivity index (χ0n) is 13.6. The lowest BCUT2D eigenvalue weighted by atomic mass is 10.0. The smallest absolute Gasteiger partial charge is 0.315 e. The van der Waals surface area contributed by atoms with E-state index in [1.54, 1.807) is 11.8 Å². The molecule has 21 heavy (non-hydrogen) atoms. The number of rotatable bonds is 9. The normalized spacial score (nSPS) is 12.2. The fourth-order valence-corrected chi connectivity index (χ4v) is 3.18. The second kappa shape index (κ2) is 9.85. The third kappa shape index (κ3) is 7.00. The standard InChI is InChI=1S/C17H27NO2S/c1-5-7-18-16(11-21-12-17(19)20-6-2)15-9-13(3)8-14(4)10-15/h8-10,16,18H,5-7,11-12H2,1-4H3. The van der Waals surface area contributed by atoms with Gasteiger partial charge >= 0.3 is 5.97 Å². The number of hydrogen-bond donors (Lipinski definition) is 1. The molecule has 1 N–H and O–H groups in total. The first-order valence-corrected chi connectivity index (χ1v) is 8.77. The molecule has 1 unspecified atom stereocenters. The number of carbonyl (C=O) groups is 1. The van der Waals surface area contributed by atoms with Gasteiger partial charge in [0.15, 0.2) is 0 Å². The highest BCUT2D eigenvalue weighted by Crippen LogP contribution is 2.21. The van der Waals surface area contributed by atoms with Crippen molar-refractivity contribution >= 4 is 17.7 Å². The van der Waals surface area contributed by atoms with E-state index in [9.17, 15) is 4.79 Å². The molecule has 3 nitrogen and oxygen atoms in total. The highest BCUT2D eigenvalue weighted by molar-refractivity contribution is 7.99. The quantitative estimate of drug-likeness (QED) is 0.707. The molecule has 0 aromatic heterocycles. The van der Waals surface area contributed by atoms with E-state index in [0.29, 0.717) is 12.4 Å². The van der Waals surface area contributed by atoms with Gasteiger partial charge in [-0.2, -0.15) is 0 Å². The molecule has 118 valence electrons. The number of carbonyl (C=O) groups excluding carboxylic acids is 1. The molecule has 0 fully saturated rings. The van der Waals surface area contributed by atoms with Crippen LogP contribution in [0, 0.1) is 13.8 Å². The summed E-state index contributed by atoms with van der Waals surface area (Å²) >= 11 is 1.63. The molecule has 1 rings (SSSR count). The maximum Gasteiger partial charge on any atom is 0.315 e. The Labute approximate surface area is 132 Å². The molecule has 0 aliphatic heterocycles. The Hall–Kier alpha value is -1.00. The lowest BCUT2D eigenvalue weighted by molar-refractivity contribution is -0.139. The molecule has 0 aliphatic rings. The zero-order valence-corrected chi connectivity index (χ0v) is 14.4. The number of esters is 1. The molecule has 0 bridgehead atoms. The van der Waals surface area contributed by atoms with Crippen molar-refractivity contribution in [3.05, 3.63) is 34.9 Å². The fourth-order valence-electron chi connectivity index (χ4n) is 2.27. The van der Waals surface area contributed by atoms with Crippen LogP contribution in [0.4, 0.5) is 0 Å². The number of ether oxygens (including phenoxy) is 1. The highest BCUT2D eigenvalue weighted by Gasteiger charge is 2.13. The van der Waals surface area contributed by atoms with Gasteiger partial charge in [-0.1, -0.05) is 36.2 Å². The lowest BCUT2D eigenvalue weighted by Crippen LogP contribution is -2.25. The second-order valence-electron chi connectivity index (χ2n) is 5.25. The topological polar surface area (TPSA) is 38.3 Å². The molecule has 0 heterocycles. The molecular formula is C17H27NO2S. The van der Waals surface area contributed by atoms with Crippen molar-refractivity contribution in [2.45, 2.75) is 40.2 Å². The summed E-state index contributed by atoms with van der Waals surface area (Å²) in [5.41, 5.74) is 3.87. The van der Waals surface area contributed by atoms with Gasteiger partial charge in [-0.15, -0.1) is 11.8 Å². The summed E-state index contributed by atoms with van der Waals surface area (Å²) in [5.74, 6) is 1.17. The molecular weight excluding hydrogens is 282 g/mol. The van der Waals surface area contributed by atoms with E-state index in [1.807, 2.05) is 6.92 Å². The Morgan fingerprint density at radius 3 is 2.48 bits per heavy atom. The maximum absolute atomic E-state index is 11.4. The number of thioether (sulfide) groups is 1. The molecule has 0 saturated carbocycles. The third-order valence-electron chi connectivity index (χ3n) is 3.10. The van der Waals surface area contributed by atoms with Crippen molar-refractivity contribution < 1.29 is 9.53 Å². The molecule has 1 aromatic carbocycles. The largest absolute Gasteiger partial charge is 0.465 e. The van der Waals surface area contributed by atoms with Gasteiger partial charge in [0.25, 0.3) is 0 Å². The average molecular weight is 309 g/mol. The summed E-state index contributed by atoms with van der Waals surface area (Å²) in [5, 5.41) is 3.57. The van der Waals surface area contributed by atoms with Gasteiger partial charge in [-0.05, 0) is 39.3 Å². The second-order valence-corrected chi connectivity index (χ2v) is 6.28. The van der Waals surface area contributed by atoms with Crippen LogP contribution in [-0.2, 0) is 9.53 Å². The van der Waals surface area contributed by atoms with Crippen LogP contribution in [0.25, 0.3) is 0 Å². The van der Waals surface area contributed by atoms with E-state index in [0.717, 1.165) is 18.7 Å². The zero-order chi connectivity index (χ0) is 15.7. The molecule has 0 spiro atoms. The predicted molar refractivity (Wildman–Crippen MR) is 90.9 cm³/mol. The van der Waals surface area contributed by atoms with E-state index in [4.69, 9.17) is 4.74 Å². The van der Waals surface area contributed by atoms with Crippen LogP contribution in [0.2, 0.25) is 0 Å². The first kappa shape index (κ1) is 18.1. The van der Waals surface area contributed by atoms with Gasteiger partial charge in [0.2, 0.25) is 0 Å². The minimum atomic E-state index is -0.128. The summed E-state index contributed by atoms with van der Waals surface area (Å²) < 4.78 is 4.97. The Kier molecular flexibility index (Phi) is 8.47. The molecule has 0 radical (unpaired) electrons. The highest BCUT2D eigenvalue weighted by atomic mass is 32.2. The van der Waals surface area contributed by atoms with Crippen LogP contribution >= 0.6 is 11.8 Å². The Balaban J connectivity index is 2.64. The fraction of sp³-hybridized carbons (Fsp3) is 0.588. The van der Waals surface area contributed by atoms with E-state index in [2.05, 4.69) is 44.3 Å². The van der Waals surface area contributed by atoms with Crippen LogP contribution < -0.4 is 5.32 Å². The lowest BCUT2D eigenvalue weighted by Gasteiger charge is -2.19. The van der Waals surface area contributed by atoms with Gasteiger partial charge in [0.05, 0.1) is 12.4 Å². The number of hydrogen-bond acceptors (Lipinski definition) is 4. The first-order valence-electron chi connectivity index (χ1n) is 7.61. The van der Waals surface area contributed by atoms with Gasteiger partial charge in [0.1, 0.15) is 0 Å². The Morgan fingerprint density at radius 1 is 1.24 bits per heavy atom. The number of benzene rings is 1. The van der Waals surface area contributed by atoms with Crippen molar-refractivity contribution in [2.24, 2.45) is 0 Å². The molecule has 4 heteroatoms. The van der Waals surface area contributed by atoms with Crippen LogP contribution in [0.1, 0.15) is 43.0 Å². The SMILES string of the molecule is CCCNC(CSCC(=O)OCC)c1cc(C)cc(C)c1. The monoisotopic (exact) mass is 309 g/mol. The third-order valence-corrected chi connectivity index (χ3v) is 4.11. The van der Waals surface area contributed by atoms with Crippen molar-refractivity contribution in [3.8, 4) is 0 Å². The minimum Gasteiger partial charge on any atom is -0.465 e. The summed E-state index contributed by atoms with van der Waals surface area (Å²) in [6.07, 6.45) is 1.10. The molecule has 0 amide bonds. The van der Waals surface area contributed by atoms with Crippen molar-refractivity contribution in [3.63, 3.8) is 0 Å². The van der Waals surface area contributed by atoms with E-state index < -0.39 is 0 Å². The number of aryl methyl sites for hydroxylation is 2. The summed E-state index contributed by atoms with van der Waals surface area (Å²) in [6, 6.07) is 6.92. The molecule has 1 aromatic rings. The van der Waals surface area contributed by atoms with Gasteiger partial charge in [0, 0.05) is 11.8 Å². The minimum absolute atomic E-state index is 0.128. The van der Waals surface area contributed by atoms with Crippen LogP contribution in [-0.4, -0.2) is 30.6 Å². The molecule has 0 aliphatic carbocycles. The summed E-state index contributed by atoms with van der Waals surface area (Å²) in [7, 11) is 0. The maximum atomic E-state index is 11.4. The van der Waals surface area contributed by atoms with Crippen molar-refractivity contribution in [2.75, 3.05) is 24.7 Å². The summed E-state index contributed by atoms with van der Waals surface area (Å²) in [6.45, 7) is 9.69. The Morgan fingerprint density at radius 2 is 1.90 bits per heavy atom. The van der Waals surface area contributed by atoms with Crippen LogP contribution in [0.15, 0.2) is 18.2 Å². The van der Waals surface area contributed by atoms with Gasteiger partial charge in [-0.25, -0.2) is 0 Å². The molecule has 1 atom stereocenters. The predicted octanol–water partition coefficient (Wildman–Crippen LogP) is 3.64. The average Bonchev–Trinajstić information content (AvgIpc) is 2.41. The van der Waals surface area contributed by atoms with E-state index in [1.165, 1.54) is 16.7 Å². The number of nitrogens with one attached hydrogen (secondary N) is 1. The van der Waals surface area contributed by atoms with Gasteiger partial charge in [-0.3, -0.25) is 4.79 Å². The van der Waals surface area contributed by atoms with Crippen LogP contribution in [0.3, 0.4) is 0 Å². The van der Waals surface area contributed by atoms with Gasteiger partial charge < -0.3 is 10.1 Å². The Bertz CT molecular complexity index is 428. The first-order chi connectivity index (χ1) is 10.1. The van der Waals surface area contributed by atoms with Crippen molar-refractivity contribution in [1.82, 2.24) is 5.32 Å². The van der Waals surface area contributed by atoms with E-state index in [-0.39, 0.29) is 12.0 Å². The van der Waals surface area contributed by atoms with Crippen LogP contribution in [0.5, 0.6) is 0 Å². The summed E-state index contributed by atoms with van der Waals surface area (Å²) in [4.78, 5) is 11.4. The van der Waals surface area contributed by atoms with E-state index >= 15 is 0 Å². The van der Waals surface area contributed by atoms with Crippen molar-refractivity contribution in [1.29, 1.82) is 0 Å².